The summed E-state index contributed by atoms with van der Waals surface area (Å²) in [6.45, 7) is 1.59. The number of anilines is 1. The van der Waals surface area contributed by atoms with Gasteiger partial charge in [-0.25, -0.2) is 0 Å². The first-order valence-electron chi connectivity index (χ1n) is 5.93. The van der Waals surface area contributed by atoms with Crippen molar-refractivity contribution in [2.45, 2.75) is 12.8 Å². The lowest BCUT2D eigenvalue weighted by Gasteiger charge is -2.09. The van der Waals surface area contributed by atoms with E-state index in [9.17, 15) is 4.79 Å². The van der Waals surface area contributed by atoms with E-state index >= 15 is 0 Å². The molecule has 0 aliphatic carbocycles. The largest absolute Gasteiger partial charge is 0.385 e. The first-order valence-corrected chi connectivity index (χ1v) is 5.93. The highest BCUT2D eigenvalue weighted by molar-refractivity contribution is 5.91. The Morgan fingerprint density at radius 2 is 2.11 bits per heavy atom. The van der Waals surface area contributed by atoms with E-state index in [-0.39, 0.29) is 5.91 Å². The standard InChI is InChI=1S/C12H20N4O2/c1-16(2)12(17)10-6-7-11(15-14-10)13-8-4-5-9-18-3/h6-7H,4-5,8-9H2,1-3H3,(H,13,15). The lowest BCUT2D eigenvalue weighted by atomic mass is 10.3. The van der Waals surface area contributed by atoms with Crippen molar-refractivity contribution >= 4 is 11.7 Å². The van der Waals surface area contributed by atoms with Crippen LogP contribution in [-0.2, 0) is 4.74 Å². The number of methoxy groups -OCH3 is 1. The summed E-state index contributed by atoms with van der Waals surface area (Å²) < 4.78 is 4.96. The minimum Gasteiger partial charge on any atom is -0.385 e. The molecule has 1 aromatic heterocycles. The van der Waals surface area contributed by atoms with Crippen LogP contribution in [-0.4, -0.2) is 55.4 Å². The highest BCUT2D eigenvalue weighted by Crippen LogP contribution is 2.04. The summed E-state index contributed by atoms with van der Waals surface area (Å²) in [4.78, 5) is 13.1. The number of ether oxygens (including phenoxy) is 1. The van der Waals surface area contributed by atoms with Crippen LogP contribution < -0.4 is 5.32 Å². The van der Waals surface area contributed by atoms with E-state index in [4.69, 9.17) is 4.74 Å². The quantitative estimate of drug-likeness (QED) is 0.734. The molecule has 1 heterocycles. The van der Waals surface area contributed by atoms with Crippen LogP contribution >= 0.6 is 0 Å². The maximum absolute atomic E-state index is 11.6. The zero-order valence-electron chi connectivity index (χ0n) is 11.1. The van der Waals surface area contributed by atoms with Crippen molar-refractivity contribution in [2.24, 2.45) is 0 Å². The summed E-state index contributed by atoms with van der Waals surface area (Å²) >= 11 is 0. The van der Waals surface area contributed by atoms with Crippen LogP contribution in [0.5, 0.6) is 0 Å². The molecule has 0 radical (unpaired) electrons. The number of hydrogen-bond acceptors (Lipinski definition) is 5. The number of rotatable bonds is 7. The maximum atomic E-state index is 11.6. The van der Waals surface area contributed by atoms with E-state index in [0.29, 0.717) is 11.5 Å². The van der Waals surface area contributed by atoms with Crippen LogP contribution in [0.4, 0.5) is 5.82 Å². The Balaban J connectivity index is 2.38. The van der Waals surface area contributed by atoms with Gasteiger partial charge in [0, 0.05) is 34.4 Å². The molecule has 0 unspecified atom stereocenters. The third-order valence-electron chi connectivity index (χ3n) is 2.37. The lowest BCUT2D eigenvalue weighted by molar-refractivity contribution is 0.0821. The highest BCUT2D eigenvalue weighted by Gasteiger charge is 2.09. The molecule has 0 saturated carbocycles. The van der Waals surface area contributed by atoms with E-state index in [1.165, 1.54) is 4.90 Å². The number of nitrogens with one attached hydrogen (secondary N) is 1. The average Bonchev–Trinajstić information content (AvgIpc) is 2.38. The predicted octanol–water partition coefficient (Wildman–Crippen LogP) is 1.02. The minimum atomic E-state index is -0.144. The Morgan fingerprint density at radius 1 is 1.33 bits per heavy atom. The number of amides is 1. The van der Waals surface area contributed by atoms with Crippen LogP contribution in [0, 0.1) is 0 Å². The number of nitrogens with zero attached hydrogens (tertiary/aromatic N) is 3. The van der Waals surface area contributed by atoms with Crippen LogP contribution in [0.25, 0.3) is 0 Å². The molecule has 1 rings (SSSR count). The summed E-state index contributed by atoms with van der Waals surface area (Å²) in [5.74, 6) is 0.539. The van der Waals surface area contributed by atoms with E-state index in [0.717, 1.165) is 26.0 Å². The highest BCUT2D eigenvalue weighted by atomic mass is 16.5. The summed E-state index contributed by atoms with van der Waals surface area (Å²) in [6.07, 6.45) is 2.02. The van der Waals surface area contributed by atoms with Gasteiger partial charge in [0.05, 0.1) is 0 Å². The van der Waals surface area contributed by atoms with Crippen LogP contribution in [0.15, 0.2) is 12.1 Å². The normalized spacial score (nSPS) is 10.2. The molecule has 0 aromatic carbocycles. The SMILES string of the molecule is COCCCCNc1ccc(C(=O)N(C)C)nn1. The third kappa shape index (κ3) is 4.67. The number of carbonyl (C=O) groups is 1. The van der Waals surface area contributed by atoms with Crippen LogP contribution in [0.3, 0.4) is 0 Å². The van der Waals surface area contributed by atoms with Gasteiger partial charge < -0.3 is 15.0 Å². The minimum absolute atomic E-state index is 0.144. The third-order valence-corrected chi connectivity index (χ3v) is 2.37. The van der Waals surface area contributed by atoms with Gasteiger partial charge in [0.1, 0.15) is 5.82 Å². The molecular weight excluding hydrogens is 232 g/mol. The molecule has 0 aliphatic heterocycles. The van der Waals surface area contributed by atoms with E-state index in [1.807, 2.05) is 0 Å². The van der Waals surface area contributed by atoms with Crippen molar-refractivity contribution in [3.05, 3.63) is 17.8 Å². The summed E-state index contributed by atoms with van der Waals surface area (Å²) in [5.41, 5.74) is 0.352. The van der Waals surface area contributed by atoms with Crippen molar-refractivity contribution < 1.29 is 9.53 Å². The fraction of sp³-hybridized carbons (Fsp3) is 0.583. The predicted molar refractivity (Wildman–Crippen MR) is 69.6 cm³/mol. The summed E-state index contributed by atoms with van der Waals surface area (Å²) in [7, 11) is 5.07. The molecule has 1 N–H and O–H groups in total. The van der Waals surface area contributed by atoms with Crippen molar-refractivity contribution in [3.63, 3.8) is 0 Å². The van der Waals surface area contributed by atoms with Crippen molar-refractivity contribution in [1.82, 2.24) is 15.1 Å². The second-order valence-electron chi connectivity index (χ2n) is 4.13. The van der Waals surface area contributed by atoms with E-state index in [1.54, 1.807) is 33.3 Å². The van der Waals surface area contributed by atoms with Crippen molar-refractivity contribution in [2.75, 3.05) is 39.7 Å². The molecule has 0 bridgehead atoms. The van der Waals surface area contributed by atoms with Gasteiger partial charge in [-0.1, -0.05) is 0 Å². The fourth-order valence-corrected chi connectivity index (χ4v) is 1.36. The Bertz CT molecular complexity index is 365. The van der Waals surface area contributed by atoms with Gasteiger partial charge in [0.2, 0.25) is 0 Å². The molecule has 1 amide bonds. The number of carbonyl (C=O) groups excluding carboxylic acids is 1. The number of hydrogen-bond donors (Lipinski definition) is 1. The smallest absolute Gasteiger partial charge is 0.273 e. The van der Waals surface area contributed by atoms with E-state index in [2.05, 4.69) is 15.5 Å². The summed E-state index contributed by atoms with van der Waals surface area (Å²) in [6, 6.07) is 3.44. The van der Waals surface area contributed by atoms with Gasteiger partial charge in [-0.3, -0.25) is 4.79 Å². The first kappa shape index (κ1) is 14.4. The summed E-state index contributed by atoms with van der Waals surface area (Å²) in [5, 5.41) is 11.0. The molecule has 0 saturated heterocycles. The number of aromatic nitrogens is 2. The molecule has 0 spiro atoms. The molecule has 18 heavy (non-hydrogen) atoms. The molecule has 6 heteroatoms. The van der Waals surface area contributed by atoms with Gasteiger partial charge in [-0.05, 0) is 25.0 Å². The molecule has 6 nitrogen and oxygen atoms in total. The maximum Gasteiger partial charge on any atom is 0.273 e. The van der Waals surface area contributed by atoms with Gasteiger partial charge in [0.25, 0.3) is 5.91 Å². The monoisotopic (exact) mass is 252 g/mol. The fourth-order valence-electron chi connectivity index (χ4n) is 1.36. The van der Waals surface area contributed by atoms with Gasteiger partial charge in [-0.2, -0.15) is 0 Å². The molecule has 0 fully saturated rings. The molecule has 0 aliphatic rings. The lowest BCUT2D eigenvalue weighted by Crippen LogP contribution is -2.23. The van der Waals surface area contributed by atoms with Crippen LogP contribution in [0.1, 0.15) is 23.3 Å². The molecule has 0 atom stereocenters. The second kappa shape index (κ2) is 7.60. The van der Waals surface area contributed by atoms with Gasteiger partial charge >= 0.3 is 0 Å². The zero-order valence-corrected chi connectivity index (χ0v) is 11.1. The van der Waals surface area contributed by atoms with Crippen molar-refractivity contribution in [3.8, 4) is 0 Å². The van der Waals surface area contributed by atoms with Gasteiger partial charge in [-0.15, -0.1) is 10.2 Å². The van der Waals surface area contributed by atoms with Gasteiger partial charge in [0.15, 0.2) is 5.69 Å². The molecular formula is C12H20N4O2. The van der Waals surface area contributed by atoms with E-state index < -0.39 is 0 Å². The van der Waals surface area contributed by atoms with Crippen molar-refractivity contribution in [1.29, 1.82) is 0 Å². The Kier molecular flexibility index (Phi) is 6.07. The zero-order chi connectivity index (χ0) is 13.4. The Morgan fingerprint density at radius 3 is 2.67 bits per heavy atom. The average molecular weight is 252 g/mol. The molecule has 1 aromatic rings. The topological polar surface area (TPSA) is 67.3 Å². The Hall–Kier alpha value is -1.69. The molecule has 100 valence electrons. The number of unbranched alkanes of at least 4 members (excludes halogenated alkanes) is 1. The first-order chi connectivity index (χ1) is 8.65. The Labute approximate surface area is 107 Å². The second-order valence-corrected chi connectivity index (χ2v) is 4.13. The van der Waals surface area contributed by atoms with Crippen LogP contribution in [0.2, 0.25) is 0 Å².